The highest BCUT2D eigenvalue weighted by atomic mass is 15.2. The molecule has 0 amide bonds. The number of nitrogens with one attached hydrogen (secondary N) is 1. The van der Waals surface area contributed by atoms with Crippen LogP contribution in [0.3, 0.4) is 0 Å². The summed E-state index contributed by atoms with van der Waals surface area (Å²) in [6.45, 7) is 4.72. The van der Waals surface area contributed by atoms with Crippen molar-refractivity contribution in [3.8, 4) is 0 Å². The number of hydrogen-bond acceptors (Lipinski definition) is 3. The minimum absolute atomic E-state index is 0.965. The van der Waals surface area contributed by atoms with Crippen molar-refractivity contribution in [2.45, 2.75) is 25.8 Å². The van der Waals surface area contributed by atoms with Gasteiger partial charge in [0.05, 0.1) is 0 Å². The highest BCUT2D eigenvalue weighted by Crippen LogP contribution is 2.09. The number of imidazole rings is 1. The fourth-order valence-electron chi connectivity index (χ4n) is 2.15. The molecular formula is C11H20N4. The van der Waals surface area contributed by atoms with E-state index >= 15 is 0 Å². The van der Waals surface area contributed by atoms with Crippen LogP contribution < -0.4 is 5.32 Å². The van der Waals surface area contributed by atoms with Crippen LogP contribution >= 0.6 is 0 Å². The summed E-state index contributed by atoms with van der Waals surface area (Å²) in [4.78, 5) is 6.78. The van der Waals surface area contributed by atoms with Crippen molar-refractivity contribution in [3.05, 3.63) is 12.4 Å². The Morgan fingerprint density at radius 2 is 2.07 bits per heavy atom. The van der Waals surface area contributed by atoms with Gasteiger partial charge in [0.1, 0.15) is 0 Å². The van der Waals surface area contributed by atoms with Crippen LogP contribution in [0.25, 0.3) is 0 Å². The number of likely N-dealkylation sites (tertiary alicyclic amines) is 1. The van der Waals surface area contributed by atoms with Gasteiger partial charge in [0.2, 0.25) is 5.95 Å². The molecule has 2 heterocycles. The molecule has 0 saturated carbocycles. The Balaban J connectivity index is 1.81. The van der Waals surface area contributed by atoms with Gasteiger partial charge < -0.3 is 14.8 Å². The maximum Gasteiger partial charge on any atom is 0.202 e. The van der Waals surface area contributed by atoms with Gasteiger partial charge in [-0.1, -0.05) is 6.42 Å². The number of hydrogen-bond donors (Lipinski definition) is 1. The molecule has 4 heteroatoms. The Labute approximate surface area is 91.3 Å². The standard InChI is InChI=1S/C11H20N4/c1-12-11-13-5-8-15(11)10-9-14-6-3-2-4-7-14/h5,8H,2-4,6-7,9-10H2,1H3,(H,12,13). The van der Waals surface area contributed by atoms with E-state index in [9.17, 15) is 0 Å². The molecule has 0 aromatic carbocycles. The molecule has 1 aromatic rings. The molecule has 84 valence electrons. The number of anilines is 1. The first-order valence-corrected chi connectivity index (χ1v) is 5.81. The molecule has 4 nitrogen and oxygen atoms in total. The molecule has 1 saturated heterocycles. The van der Waals surface area contributed by atoms with Crippen molar-refractivity contribution in [2.24, 2.45) is 0 Å². The predicted octanol–water partition coefficient (Wildman–Crippen LogP) is 1.41. The number of rotatable bonds is 4. The Morgan fingerprint density at radius 1 is 1.27 bits per heavy atom. The molecule has 0 spiro atoms. The van der Waals surface area contributed by atoms with Gasteiger partial charge in [0, 0.05) is 32.5 Å². The van der Waals surface area contributed by atoms with Crippen LogP contribution in [0.2, 0.25) is 0 Å². The summed E-state index contributed by atoms with van der Waals surface area (Å²) in [5, 5.41) is 3.10. The monoisotopic (exact) mass is 208 g/mol. The first-order valence-electron chi connectivity index (χ1n) is 5.81. The lowest BCUT2D eigenvalue weighted by Crippen LogP contribution is -2.32. The molecule has 2 rings (SSSR count). The third-order valence-electron chi connectivity index (χ3n) is 3.04. The highest BCUT2D eigenvalue weighted by molar-refractivity contribution is 5.23. The quantitative estimate of drug-likeness (QED) is 0.812. The molecule has 15 heavy (non-hydrogen) atoms. The van der Waals surface area contributed by atoms with E-state index in [1.807, 2.05) is 19.4 Å². The first-order chi connectivity index (χ1) is 7.40. The number of aromatic nitrogens is 2. The maximum atomic E-state index is 4.23. The van der Waals surface area contributed by atoms with Gasteiger partial charge >= 0.3 is 0 Å². The second-order valence-electron chi connectivity index (χ2n) is 4.10. The van der Waals surface area contributed by atoms with E-state index in [1.165, 1.54) is 32.4 Å². The lowest BCUT2D eigenvalue weighted by atomic mass is 10.1. The third-order valence-corrected chi connectivity index (χ3v) is 3.04. The van der Waals surface area contributed by atoms with Gasteiger partial charge in [-0.15, -0.1) is 0 Å². The normalized spacial score (nSPS) is 17.9. The molecule has 0 atom stereocenters. The SMILES string of the molecule is CNc1nccn1CCN1CCCCC1. The van der Waals surface area contributed by atoms with Gasteiger partial charge in [0.15, 0.2) is 0 Å². The summed E-state index contributed by atoms with van der Waals surface area (Å²) >= 11 is 0. The molecule has 0 bridgehead atoms. The Morgan fingerprint density at radius 3 is 2.80 bits per heavy atom. The predicted molar refractivity (Wildman–Crippen MR) is 62.1 cm³/mol. The first kappa shape index (κ1) is 10.5. The Hall–Kier alpha value is -1.03. The van der Waals surface area contributed by atoms with Gasteiger partial charge in [0.25, 0.3) is 0 Å². The summed E-state index contributed by atoms with van der Waals surface area (Å²) in [5.41, 5.74) is 0. The third kappa shape index (κ3) is 2.72. The van der Waals surface area contributed by atoms with Crippen molar-refractivity contribution < 1.29 is 0 Å². The van der Waals surface area contributed by atoms with Crippen LogP contribution in [0, 0.1) is 0 Å². The van der Waals surface area contributed by atoms with E-state index in [4.69, 9.17) is 0 Å². The number of piperidine rings is 1. The van der Waals surface area contributed by atoms with Gasteiger partial charge in [-0.25, -0.2) is 4.98 Å². The van der Waals surface area contributed by atoms with Gasteiger partial charge in [-0.3, -0.25) is 0 Å². The van der Waals surface area contributed by atoms with Crippen LogP contribution in [0.1, 0.15) is 19.3 Å². The van der Waals surface area contributed by atoms with Crippen molar-refractivity contribution in [3.63, 3.8) is 0 Å². The average molecular weight is 208 g/mol. The highest BCUT2D eigenvalue weighted by Gasteiger charge is 2.10. The fraction of sp³-hybridized carbons (Fsp3) is 0.727. The van der Waals surface area contributed by atoms with Crippen molar-refractivity contribution in [2.75, 3.05) is 32.0 Å². The average Bonchev–Trinajstić information content (AvgIpc) is 2.75. The van der Waals surface area contributed by atoms with E-state index in [1.54, 1.807) is 0 Å². The zero-order valence-corrected chi connectivity index (χ0v) is 9.45. The molecule has 1 aromatic heterocycles. The van der Waals surface area contributed by atoms with Crippen molar-refractivity contribution in [1.29, 1.82) is 0 Å². The topological polar surface area (TPSA) is 33.1 Å². The van der Waals surface area contributed by atoms with Crippen molar-refractivity contribution >= 4 is 5.95 Å². The van der Waals surface area contributed by atoms with Crippen LogP contribution in [0.4, 0.5) is 5.95 Å². The molecule has 1 fully saturated rings. The van der Waals surface area contributed by atoms with Crippen LogP contribution in [0.15, 0.2) is 12.4 Å². The van der Waals surface area contributed by atoms with Crippen LogP contribution in [0.5, 0.6) is 0 Å². The Kier molecular flexibility index (Phi) is 3.61. The largest absolute Gasteiger partial charge is 0.359 e. The van der Waals surface area contributed by atoms with E-state index in [-0.39, 0.29) is 0 Å². The molecule has 0 unspecified atom stereocenters. The fourth-order valence-corrected chi connectivity index (χ4v) is 2.15. The second kappa shape index (κ2) is 5.16. The van der Waals surface area contributed by atoms with E-state index in [0.717, 1.165) is 19.0 Å². The maximum absolute atomic E-state index is 4.23. The molecular weight excluding hydrogens is 188 g/mol. The lowest BCUT2D eigenvalue weighted by molar-refractivity contribution is 0.221. The number of nitrogens with zero attached hydrogens (tertiary/aromatic N) is 3. The molecule has 1 aliphatic rings. The Bertz CT molecular complexity index is 289. The summed E-state index contributed by atoms with van der Waals surface area (Å²) in [6.07, 6.45) is 8.02. The van der Waals surface area contributed by atoms with Crippen molar-refractivity contribution in [1.82, 2.24) is 14.5 Å². The minimum Gasteiger partial charge on any atom is -0.359 e. The zero-order valence-electron chi connectivity index (χ0n) is 9.45. The summed E-state index contributed by atoms with van der Waals surface area (Å²) in [6, 6.07) is 0. The summed E-state index contributed by atoms with van der Waals surface area (Å²) < 4.78 is 2.18. The summed E-state index contributed by atoms with van der Waals surface area (Å²) in [7, 11) is 1.92. The lowest BCUT2D eigenvalue weighted by Gasteiger charge is -2.26. The van der Waals surface area contributed by atoms with Gasteiger partial charge in [-0.2, -0.15) is 0 Å². The van der Waals surface area contributed by atoms with E-state index < -0.39 is 0 Å². The molecule has 1 aliphatic heterocycles. The minimum atomic E-state index is 0.965. The molecule has 1 N–H and O–H groups in total. The summed E-state index contributed by atoms with van der Waals surface area (Å²) in [5.74, 6) is 0.965. The van der Waals surface area contributed by atoms with Crippen LogP contribution in [-0.4, -0.2) is 41.1 Å². The van der Waals surface area contributed by atoms with E-state index in [0.29, 0.717) is 0 Å². The smallest absolute Gasteiger partial charge is 0.202 e. The van der Waals surface area contributed by atoms with Gasteiger partial charge in [-0.05, 0) is 25.9 Å². The molecule has 0 radical (unpaired) electrons. The van der Waals surface area contributed by atoms with E-state index in [2.05, 4.69) is 19.8 Å². The molecule has 0 aliphatic carbocycles. The van der Waals surface area contributed by atoms with Crippen LogP contribution in [-0.2, 0) is 6.54 Å². The second-order valence-corrected chi connectivity index (χ2v) is 4.10. The zero-order chi connectivity index (χ0) is 10.5.